The Hall–Kier alpha value is -1.35. The summed E-state index contributed by atoms with van der Waals surface area (Å²) in [4.78, 5) is 15.1. The molecule has 0 heterocycles. The van der Waals surface area contributed by atoms with Crippen LogP contribution in [0.15, 0.2) is 36.5 Å². The van der Waals surface area contributed by atoms with Crippen LogP contribution in [0.2, 0.25) is 0 Å². The fourth-order valence-electron chi connectivity index (χ4n) is 5.89. The van der Waals surface area contributed by atoms with Gasteiger partial charge in [0.05, 0.1) is 12.5 Å². The third-order valence-electron chi connectivity index (χ3n) is 8.89. The van der Waals surface area contributed by atoms with Gasteiger partial charge in [0.1, 0.15) is 0 Å². The van der Waals surface area contributed by atoms with Crippen LogP contribution in [0.1, 0.15) is 194 Å². The molecule has 0 aromatic rings. The predicted octanol–water partition coefficient (Wildman–Crippen LogP) is 13.3. The van der Waals surface area contributed by atoms with Crippen LogP contribution in [-0.4, -0.2) is 38.1 Å². The molecular formula is C42H79NO2. The van der Waals surface area contributed by atoms with Gasteiger partial charge in [0, 0.05) is 6.54 Å². The van der Waals surface area contributed by atoms with Crippen LogP contribution < -0.4 is 0 Å². The minimum absolute atomic E-state index is 0.0619. The maximum atomic E-state index is 12.9. The Kier molecular flexibility index (Phi) is 36.0. The lowest BCUT2D eigenvalue weighted by Crippen LogP contribution is -2.21. The van der Waals surface area contributed by atoms with E-state index in [2.05, 4.69) is 69.3 Å². The molecule has 45 heavy (non-hydrogen) atoms. The van der Waals surface area contributed by atoms with Crippen molar-refractivity contribution < 1.29 is 9.53 Å². The fourth-order valence-corrected chi connectivity index (χ4v) is 5.89. The van der Waals surface area contributed by atoms with Gasteiger partial charge in [0.25, 0.3) is 0 Å². The first-order chi connectivity index (χ1) is 22.1. The molecule has 3 heteroatoms. The van der Waals surface area contributed by atoms with Crippen molar-refractivity contribution in [3.63, 3.8) is 0 Å². The average molecular weight is 630 g/mol. The van der Waals surface area contributed by atoms with E-state index in [-0.39, 0.29) is 11.9 Å². The lowest BCUT2D eigenvalue weighted by atomic mass is 9.94. The molecule has 1 atom stereocenters. The third-order valence-corrected chi connectivity index (χ3v) is 8.89. The van der Waals surface area contributed by atoms with Crippen molar-refractivity contribution in [2.45, 2.75) is 194 Å². The molecule has 0 saturated carbocycles. The number of carbonyl (C=O) groups is 1. The summed E-state index contributed by atoms with van der Waals surface area (Å²) in [6.07, 6.45) is 49.3. The van der Waals surface area contributed by atoms with E-state index in [1.54, 1.807) is 0 Å². The minimum Gasteiger partial charge on any atom is -0.465 e. The quantitative estimate of drug-likeness (QED) is 0.0397. The Morgan fingerprint density at radius 2 is 0.889 bits per heavy atom. The monoisotopic (exact) mass is 630 g/mol. The zero-order valence-corrected chi connectivity index (χ0v) is 31.0. The van der Waals surface area contributed by atoms with Gasteiger partial charge in [-0.25, -0.2) is 0 Å². The second-order valence-electron chi connectivity index (χ2n) is 13.8. The average Bonchev–Trinajstić information content (AvgIpc) is 3.03. The zero-order chi connectivity index (χ0) is 32.9. The molecule has 0 fully saturated rings. The van der Waals surface area contributed by atoms with Gasteiger partial charge < -0.3 is 9.64 Å². The maximum absolute atomic E-state index is 12.9. The number of rotatable bonds is 35. The van der Waals surface area contributed by atoms with E-state index in [9.17, 15) is 4.79 Å². The highest BCUT2D eigenvalue weighted by atomic mass is 16.5. The van der Waals surface area contributed by atoms with Gasteiger partial charge >= 0.3 is 5.97 Å². The van der Waals surface area contributed by atoms with E-state index in [0.29, 0.717) is 6.61 Å². The normalized spacial score (nSPS) is 12.8. The van der Waals surface area contributed by atoms with Crippen LogP contribution in [0.5, 0.6) is 0 Å². The van der Waals surface area contributed by atoms with Crippen molar-refractivity contribution >= 4 is 5.97 Å². The number of hydrogen-bond donors (Lipinski definition) is 0. The molecule has 0 bridgehead atoms. The lowest BCUT2D eigenvalue weighted by Gasteiger charge is -2.17. The molecule has 0 aliphatic carbocycles. The molecular weight excluding hydrogens is 550 g/mol. The fraction of sp³-hybridized carbons (Fsp3) is 0.833. The van der Waals surface area contributed by atoms with Gasteiger partial charge in [-0.2, -0.15) is 0 Å². The van der Waals surface area contributed by atoms with Crippen molar-refractivity contribution in [2.24, 2.45) is 5.92 Å². The molecule has 3 nitrogen and oxygen atoms in total. The van der Waals surface area contributed by atoms with Crippen LogP contribution in [0.3, 0.4) is 0 Å². The molecule has 0 amide bonds. The molecule has 0 aliphatic heterocycles. The topological polar surface area (TPSA) is 29.5 Å². The molecule has 0 spiro atoms. The summed E-state index contributed by atoms with van der Waals surface area (Å²) in [6, 6.07) is 0. The highest BCUT2D eigenvalue weighted by molar-refractivity contribution is 5.72. The largest absolute Gasteiger partial charge is 0.465 e. The highest BCUT2D eigenvalue weighted by Crippen LogP contribution is 2.21. The van der Waals surface area contributed by atoms with Crippen molar-refractivity contribution in [3.05, 3.63) is 36.5 Å². The second-order valence-corrected chi connectivity index (χ2v) is 13.8. The summed E-state index contributed by atoms with van der Waals surface area (Å²) >= 11 is 0. The minimum atomic E-state index is 0.0619. The van der Waals surface area contributed by atoms with E-state index < -0.39 is 0 Å². The molecule has 0 radical (unpaired) electrons. The van der Waals surface area contributed by atoms with E-state index >= 15 is 0 Å². The molecule has 0 aliphatic rings. The molecule has 0 saturated heterocycles. The number of ether oxygens (including phenoxy) is 1. The van der Waals surface area contributed by atoms with Crippen molar-refractivity contribution in [3.8, 4) is 0 Å². The van der Waals surface area contributed by atoms with E-state index in [1.165, 1.54) is 141 Å². The van der Waals surface area contributed by atoms with E-state index in [0.717, 1.165) is 45.1 Å². The van der Waals surface area contributed by atoms with Crippen LogP contribution in [-0.2, 0) is 9.53 Å². The van der Waals surface area contributed by atoms with Gasteiger partial charge in [0.2, 0.25) is 0 Å². The molecule has 264 valence electrons. The van der Waals surface area contributed by atoms with Gasteiger partial charge in [-0.1, -0.05) is 153 Å². The highest BCUT2D eigenvalue weighted by Gasteiger charge is 2.19. The lowest BCUT2D eigenvalue weighted by molar-refractivity contribution is -0.149. The van der Waals surface area contributed by atoms with E-state index in [4.69, 9.17) is 4.74 Å². The molecule has 0 N–H and O–H groups in total. The first kappa shape index (κ1) is 43.6. The summed E-state index contributed by atoms with van der Waals surface area (Å²) in [5.41, 5.74) is 0. The van der Waals surface area contributed by atoms with Crippen LogP contribution >= 0.6 is 0 Å². The first-order valence-electron chi connectivity index (χ1n) is 19.9. The van der Waals surface area contributed by atoms with Gasteiger partial charge in [0.15, 0.2) is 0 Å². The third kappa shape index (κ3) is 35.4. The predicted molar refractivity (Wildman–Crippen MR) is 201 cm³/mol. The van der Waals surface area contributed by atoms with Crippen molar-refractivity contribution in [1.29, 1.82) is 0 Å². The van der Waals surface area contributed by atoms with Gasteiger partial charge in [-0.15, -0.1) is 0 Å². The summed E-state index contributed by atoms with van der Waals surface area (Å²) in [6.45, 7) is 6.07. The number of nitrogens with zero attached hydrogens (tertiary/aromatic N) is 1. The number of unbranched alkanes of at least 4 members (excludes halogenated alkanes) is 20. The van der Waals surface area contributed by atoms with Gasteiger partial charge in [-0.3, -0.25) is 4.79 Å². The Morgan fingerprint density at radius 1 is 0.511 bits per heavy atom. The molecule has 1 unspecified atom stereocenters. The Labute approximate surface area is 283 Å². The zero-order valence-electron chi connectivity index (χ0n) is 31.0. The Morgan fingerprint density at radius 3 is 1.36 bits per heavy atom. The van der Waals surface area contributed by atoms with Crippen LogP contribution in [0.4, 0.5) is 0 Å². The first-order valence-corrected chi connectivity index (χ1v) is 19.9. The van der Waals surface area contributed by atoms with E-state index in [1.807, 2.05) is 0 Å². The van der Waals surface area contributed by atoms with Crippen molar-refractivity contribution in [1.82, 2.24) is 4.90 Å². The van der Waals surface area contributed by atoms with Gasteiger partial charge in [-0.05, 0) is 91.1 Å². The Bertz CT molecular complexity index is 680. The summed E-state index contributed by atoms with van der Waals surface area (Å²) in [5, 5.41) is 0. The van der Waals surface area contributed by atoms with Crippen LogP contribution in [0.25, 0.3) is 0 Å². The summed E-state index contributed by atoms with van der Waals surface area (Å²) in [5.74, 6) is 0.159. The smallest absolute Gasteiger partial charge is 0.308 e. The summed E-state index contributed by atoms with van der Waals surface area (Å²) < 4.78 is 5.72. The SMILES string of the molecule is CCCCC/C=C\C/C=C\CCCCCCCCC(CCCCCCC/C=C/CCCCCCCC)C(=O)OCCCN(C)C. The second kappa shape index (κ2) is 37.1. The maximum Gasteiger partial charge on any atom is 0.308 e. The number of allylic oxidation sites excluding steroid dienone is 6. The molecule has 0 aromatic carbocycles. The molecule has 0 rings (SSSR count). The van der Waals surface area contributed by atoms with Crippen LogP contribution in [0, 0.1) is 5.92 Å². The number of esters is 1. The number of hydrogen-bond acceptors (Lipinski definition) is 3. The van der Waals surface area contributed by atoms with Crippen molar-refractivity contribution in [2.75, 3.05) is 27.2 Å². The standard InChI is InChI=1S/C42H79NO2/c1-5-7-9-11-13-15-17-19-21-23-25-27-29-31-33-35-38-41(42(44)45-40-36-39-43(3)4)37-34-32-30-28-26-24-22-20-18-16-14-12-10-8-6-2/h13,15,19-22,41H,5-12,14,16-18,23-40H2,1-4H3/b15-13-,21-19-,22-20+. The molecule has 0 aromatic heterocycles. The summed E-state index contributed by atoms with van der Waals surface area (Å²) in [7, 11) is 4.14. The number of carbonyl (C=O) groups excluding carboxylic acids is 1. The Balaban J connectivity index is 4.01.